The summed E-state index contributed by atoms with van der Waals surface area (Å²) in [6.45, 7) is 3.34. The molecule has 1 unspecified atom stereocenters. The van der Waals surface area contributed by atoms with Gasteiger partial charge in [0.15, 0.2) is 0 Å². The molecule has 4 heteroatoms. The van der Waals surface area contributed by atoms with Crippen molar-refractivity contribution in [3.8, 4) is 0 Å². The highest BCUT2D eigenvalue weighted by Gasteiger charge is 2.38. The molecule has 0 aliphatic heterocycles. The van der Waals surface area contributed by atoms with E-state index >= 15 is 0 Å². The molecule has 0 aliphatic rings. The molecule has 18 heavy (non-hydrogen) atoms. The molecule has 0 spiro atoms. The van der Waals surface area contributed by atoms with Crippen LogP contribution >= 0.6 is 0 Å². The van der Waals surface area contributed by atoms with Crippen molar-refractivity contribution >= 4 is 16.9 Å². The molecule has 0 saturated heterocycles. The van der Waals surface area contributed by atoms with Gasteiger partial charge in [0, 0.05) is 22.7 Å². The van der Waals surface area contributed by atoms with E-state index < -0.39 is 17.5 Å². The zero-order valence-corrected chi connectivity index (χ0v) is 10.7. The van der Waals surface area contributed by atoms with E-state index in [2.05, 4.69) is 4.98 Å². The standard InChI is InChI=1S/C14H17NO3/c1-14(2,13(17)18-3)12(16)10-8-15-11-7-5-4-6-9(10)11/h4-8,12,15-16H,1-3H3. The SMILES string of the molecule is COC(=O)C(C)(C)C(O)c1c[nH]c2ccccc12. The molecule has 2 N–H and O–H groups in total. The van der Waals surface area contributed by atoms with E-state index in [0.29, 0.717) is 5.56 Å². The van der Waals surface area contributed by atoms with Crippen LogP contribution in [0.4, 0.5) is 0 Å². The number of aromatic nitrogens is 1. The number of aliphatic hydroxyl groups is 1. The van der Waals surface area contributed by atoms with Gasteiger partial charge in [-0.2, -0.15) is 0 Å². The van der Waals surface area contributed by atoms with Crippen molar-refractivity contribution < 1.29 is 14.6 Å². The van der Waals surface area contributed by atoms with Gasteiger partial charge >= 0.3 is 5.97 Å². The Balaban J connectivity index is 2.45. The Hall–Kier alpha value is -1.81. The Labute approximate surface area is 106 Å². The highest BCUT2D eigenvalue weighted by Crippen LogP contribution is 2.37. The Bertz CT molecular complexity index is 571. The summed E-state index contributed by atoms with van der Waals surface area (Å²) >= 11 is 0. The lowest BCUT2D eigenvalue weighted by molar-refractivity contribution is -0.157. The fourth-order valence-corrected chi connectivity index (χ4v) is 2.08. The molecule has 96 valence electrons. The van der Waals surface area contributed by atoms with Gasteiger partial charge in [-0.05, 0) is 19.9 Å². The van der Waals surface area contributed by atoms with Gasteiger partial charge in [-0.1, -0.05) is 18.2 Å². The third-order valence-electron chi connectivity index (χ3n) is 3.31. The van der Waals surface area contributed by atoms with Crippen LogP contribution in [0.15, 0.2) is 30.5 Å². The third kappa shape index (κ3) is 1.88. The molecule has 0 radical (unpaired) electrons. The number of carbonyl (C=O) groups is 1. The van der Waals surface area contributed by atoms with Crippen LogP contribution < -0.4 is 0 Å². The summed E-state index contributed by atoms with van der Waals surface area (Å²) in [5.74, 6) is -0.430. The van der Waals surface area contributed by atoms with Gasteiger partial charge in [0.25, 0.3) is 0 Å². The quantitative estimate of drug-likeness (QED) is 0.819. The van der Waals surface area contributed by atoms with Gasteiger partial charge in [0.05, 0.1) is 18.6 Å². The van der Waals surface area contributed by atoms with E-state index in [-0.39, 0.29) is 0 Å². The number of nitrogens with one attached hydrogen (secondary N) is 1. The molecule has 4 nitrogen and oxygen atoms in total. The Kier molecular flexibility index (Phi) is 3.13. The maximum absolute atomic E-state index is 11.7. The first-order chi connectivity index (χ1) is 8.48. The van der Waals surface area contributed by atoms with Crippen molar-refractivity contribution in [2.24, 2.45) is 5.41 Å². The van der Waals surface area contributed by atoms with Gasteiger partial charge in [-0.25, -0.2) is 0 Å². The number of methoxy groups -OCH3 is 1. The molecule has 1 aromatic heterocycles. The zero-order chi connectivity index (χ0) is 13.3. The third-order valence-corrected chi connectivity index (χ3v) is 3.31. The molecule has 0 bridgehead atoms. The molecule has 2 rings (SSSR count). The van der Waals surface area contributed by atoms with Crippen LogP contribution in [-0.2, 0) is 9.53 Å². The minimum atomic E-state index is -0.986. The number of H-pyrrole nitrogens is 1. The number of ether oxygens (including phenoxy) is 1. The summed E-state index contributed by atoms with van der Waals surface area (Å²) in [5.41, 5.74) is 0.660. The monoisotopic (exact) mass is 247 g/mol. The van der Waals surface area contributed by atoms with Gasteiger partial charge < -0.3 is 14.8 Å². The topological polar surface area (TPSA) is 62.3 Å². The summed E-state index contributed by atoms with van der Waals surface area (Å²) in [6.07, 6.45) is 0.820. The van der Waals surface area contributed by atoms with Gasteiger partial charge in [0.2, 0.25) is 0 Å². The second kappa shape index (κ2) is 4.46. The molecule has 1 atom stereocenters. The van der Waals surface area contributed by atoms with Crippen LogP contribution in [0.5, 0.6) is 0 Å². The van der Waals surface area contributed by atoms with Crippen LogP contribution in [0, 0.1) is 5.41 Å². The van der Waals surface area contributed by atoms with Crippen LogP contribution in [0.1, 0.15) is 25.5 Å². The lowest BCUT2D eigenvalue weighted by Crippen LogP contribution is -2.32. The van der Waals surface area contributed by atoms with Crippen LogP contribution in [0.3, 0.4) is 0 Å². The zero-order valence-electron chi connectivity index (χ0n) is 10.7. The molecule has 2 aromatic rings. The molecule has 1 heterocycles. The first kappa shape index (κ1) is 12.6. The smallest absolute Gasteiger partial charge is 0.314 e. The predicted octanol–water partition coefficient (Wildman–Crippen LogP) is 2.40. The average molecular weight is 247 g/mol. The Morgan fingerprint density at radius 2 is 2.06 bits per heavy atom. The number of para-hydroxylation sites is 1. The van der Waals surface area contributed by atoms with Crippen molar-refractivity contribution in [1.82, 2.24) is 4.98 Å². The van der Waals surface area contributed by atoms with E-state index in [1.54, 1.807) is 20.0 Å². The molecule has 0 amide bonds. The number of aromatic amines is 1. The molecule has 1 aromatic carbocycles. The van der Waals surface area contributed by atoms with E-state index in [4.69, 9.17) is 4.74 Å². The number of benzene rings is 1. The van der Waals surface area contributed by atoms with Crippen molar-refractivity contribution in [2.45, 2.75) is 20.0 Å². The number of esters is 1. The van der Waals surface area contributed by atoms with Gasteiger partial charge in [0.1, 0.15) is 0 Å². The number of carbonyl (C=O) groups excluding carboxylic acids is 1. The summed E-state index contributed by atoms with van der Waals surface area (Å²) in [7, 11) is 1.33. The summed E-state index contributed by atoms with van der Waals surface area (Å²) < 4.78 is 4.74. The largest absolute Gasteiger partial charge is 0.469 e. The van der Waals surface area contributed by atoms with E-state index in [0.717, 1.165) is 10.9 Å². The lowest BCUT2D eigenvalue weighted by atomic mass is 9.82. The maximum atomic E-state index is 11.7. The second-order valence-corrected chi connectivity index (χ2v) is 4.91. The van der Waals surface area contributed by atoms with E-state index in [1.165, 1.54) is 7.11 Å². The second-order valence-electron chi connectivity index (χ2n) is 4.91. The first-order valence-corrected chi connectivity index (χ1v) is 5.81. The number of aliphatic hydroxyl groups excluding tert-OH is 1. The van der Waals surface area contributed by atoms with Crippen molar-refractivity contribution in [1.29, 1.82) is 0 Å². The first-order valence-electron chi connectivity index (χ1n) is 5.81. The van der Waals surface area contributed by atoms with Crippen molar-refractivity contribution in [3.63, 3.8) is 0 Å². The average Bonchev–Trinajstić information content (AvgIpc) is 2.80. The van der Waals surface area contributed by atoms with E-state index in [1.807, 2.05) is 24.3 Å². The van der Waals surface area contributed by atoms with Gasteiger partial charge in [-0.3, -0.25) is 4.79 Å². The van der Waals surface area contributed by atoms with Crippen molar-refractivity contribution in [3.05, 3.63) is 36.0 Å². The number of rotatable bonds is 3. The molecular formula is C14H17NO3. The molecule has 0 saturated carbocycles. The normalized spacial score (nSPS) is 13.6. The highest BCUT2D eigenvalue weighted by molar-refractivity contribution is 5.85. The van der Waals surface area contributed by atoms with Crippen LogP contribution in [0.2, 0.25) is 0 Å². The Morgan fingerprint density at radius 1 is 1.39 bits per heavy atom. The number of hydrogen-bond donors (Lipinski definition) is 2. The number of fused-ring (bicyclic) bond motifs is 1. The summed E-state index contributed by atoms with van der Waals surface area (Å²) in [5, 5.41) is 11.3. The number of hydrogen-bond acceptors (Lipinski definition) is 3. The van der Waals surface area contributed by atoms with E-state index in [9.17, 15) is 9.90 Å². The van der Waals surface area contributed by atoms with Crippen LogP contribution in [0.25, 0.3) is 10.9 Å². The molecule has 0 fully saturated rings. The lowest BCUT2D eigenvalue weighted by Gasteiger charge is -2.27. The predicted molar refractivity (Wildman–Crippen MR) is 69.1 cm³/mol. The van der Waals surface area contributed by atoms with Gasteiger partial charge in [-0.15, -0.1) is 0 Å². The molecular weight excluding hydrogens is 230 g/mol. The minimum absolute atomic E-state index is 0.430. The van der Waals surface area contributed by atoms with Crippen LogP contribution in [-0.4, -0.2) is 23.2 Å². The maximum Gasteiger partial charge on any atom is 0.314 e. The fourth-order valence-electron chi connectivity index (χ4n) is 2.08. The fraction of sp³-hybridized carbons (Fsp3) is 0.357. The highest BCUT2D eigenvalue weighted by atomic mass is 16.5. The minimum Gasteiger partial charge on any atom is -0.469 e. The summed E-state index contributed by atoms with van der Waals surface area (Å²) in [4.78, 5) is 14.8. The van der Waals surface area contributed by atoms with Crippen molar-refractivity contribution in [2.75, 3.05) is 7.11 Å². The Morgan fingerprint density at radius 3 is 2.72 bits per heavy atom. The summed E-state index contributed by atoms with van der Waals surface area (Å²) in [6, 6.07) is 7.66. The molecule has 0 aliphatic carbocycles.